The molecule has 0 aliphatic carbocycles. The van der Waals surface area contributed by atoms with Gasteiger partial charge in [-0.3, -0.25) is 14.5 Å². The van der Waals surface area contributed by atoms with Gasteiger partial charge in [0.25, 0.3) is 5.91 Å². The van der Waals surface area contributed by atoms with Crippen molar-refractivity contribution >= 4 is 17.5 Å². The summed E-state index contributed by atoms with van der Waals surface area (Å²) in [5, 5.41) is 6.73. The number of carbonyl (C=O) groups excluding carboxylic acids is 2. The summed E-state index contributed by atoms with van der Waals surface area (Å²) in [7, 11) is 0. The quantitative estimate of drug-likeness (QED) is 0.821. The number of piperidine rings is 1. The Morgan fingerprint density at radius 3 is 3.12 bits per heavy atom. The number of furan rings is 1. The van der Waals surface area contributed by atoms with Crippen LogP contribution in [0, 0.1) is 5.92 Å². The Kier molecular flexibility index (Phi) is 5.63. The Bertz CT molecular complexity index is 597. The van der Waals surface area contributed by atoms with Crippen molar-refractivity contribution in [2.75, 3.05) is 19.6 Å². The second-order valence-corrected chi connectivity index (χ2v) is 6.46. The second kappa shape index (κ2) is 8.10. The molecular formula is C17H24N4O3. The highest BCUT2D eigenvalue weighted by Gasteiger charge is 2.22. The van der Waals surface area contributed by atoms with Gasteiger partial charge in [-0.25, -0.2) is 5.43 Å². The van der Waals surface area contributed by atoms with E-state index in [0.29, 0.717) is 31.0 Å². The molecule has 0 unspecified atom stereocenters. The Morgan fingerprint density at radius 1 is 1.46 bits per heavy atom. The van der Waals surface area contributed by atoms with Gasteiger partial charge in [-0.2, -0.15) is 5.10 Å². The van der Waals surface area contributed by atoms with Gasteiger partial charge in [-0.15, -0.1) is 0 Å². The van der Waals surface area contributed by atoms with Crippen LogP contribution in [0.3, 0.4) is 0 Å². The van der Waals surface area contributed by atoms with E-state index in [9.17, 15) is 9.59 Å². The average molecular weight is 332 g/mol. The third kappa shape index (κ3) is 4.67. The van der Waals surface area contributed by atoms with Crippen molar-refractivity contribution in [2.24, 2.45) is 11.0 Å². The lowest BCUT2D eigenvalue weighted by molar-refractivity contribution is -0.121. The summed E-state index contributed by atoms with van der Waals surface area (Å²) in [5.41, 5.74) is 2.77. The highest BCUT2D eigenvalue weighted by molar-refractivity contribution is 6.39. The fourth-order valence-corrected chi connectivity index (χ4v) is 3.28. The summed E-state index contributed by atoms with van der Waals surface area (Å²) in [6, 6.07) is 3.93. The number of nitrogens with zero attached hydrogens (tertiary/aromatic N) is 2. The first-order valence-corrected chi connectivity index (χ1v) is 8.59. The largest absolute Gasteiger partial charge is 0.468 e. The third-order valence-corrected chi connectivity index (χ3v) is 4.57. The molecule has 0 saturated carbocycles. The minimum atomic E-state index is -0.168. The van der Waals surface area contributed by atoms with Gasteiger partial charge in [-0.05, 0) is 43.9 Å². The Hall–Kier alpha value is -2.15. The zero-order chi connectivity index (χ0) is 16.8. The molecule has 0 bridgehead atoms. The van der Waals surface area contributed by atoms with E-state index in [-0.39, 0.29) is 11.8 Å². The minimum absolute atomic E-state index is 0.134. The monoisotopic (exact) mass is 332 g/mol. The number of nitrogens with one attached hydrogen (secondary N) is 2. The first-order valence-electron chi connectivity index (χ1n) is 8.59. The van der Waals surface area contributed by atoms with Crippen molar-refractivity contribution < 1.29 is 14.0 Å². The fourth-order valence-electron chi connectivity index (χ4n) is 3.28. The number of hydrazone groups is 1. The van der Waals surface area contributed by atoms with Crippen molar-refractivity contribution in [1.82, 2.24) is 15.6 Å². The minimum Gasteiger partial charge on any atom is -0.468 e. The van der Waals surface area contributed by atoms with Gasteiger partial charge in [0.1, 0.15) is 11.5 Å². The highest BCUT2D eigenvalue weighted by Crippen LogP contribution is 2.21. The van der Waals surface area contributed by atoms with E-state index < -0.39 is 0 Å². The molecule has 0 aromatic carbocycles. The van der Waals surface area contributed by atoms with Crippen LogP contribution >= 0.6 is 0 Å². The number of hydrogen-bond donors (Lipinski definition) is 2. The van der Waals surface area contributed by atoms with Gasteiger partial charge in [0.05, 0.1) is 12.8 Å². The van der Waals surface area contributed by atoms with E-state index in [1.807, 2.05) is 12.1 Å². The van der Waals surface area contributed by atoms with Crippen LogP contribution in [0.5, 0.6) is 0 Å². The SMILES string of the molecule is O=C1CCC(C(=O)NCC[C@@H]2CCCN(Cc3ccco3)C2)=NN1. The average Bonchev–Trinajstić information content (AvgIpc) is 3.09. The standard InChI is InChI=1S/C17H24N4O3/c22-16-6-5-15(19-20-16)17(23)18-8-7-13-3-1-9-21(11-13)12-14-4-2-10-24-14/h2,4,10,13H,1,3,5-9,11-12H2,(H,18,23)(H,20,22)/t13-/m0/s1. The lowest BCUT2D eigenvalue weighted by Crippen LogP contribution is -2.39. The van der Waals surface area contributed by atoms with E-state index >= 15 is 0 Å². The van der Waals surface area contributed by atoms with Crippen molar-refractivity contribution in [1.29, 1.82) is 0 Å². The molecule has 2 aliphatic rings. The third-order valence-electron chi connectivity index (χ3n) is 4.57. The Labute approximate surface area is 141 Å². The van der Waals surface area contributed by atoms with E-state index in [2.05, 4.69) is 20.7 Å². The molecule has 2 aliphatic heterocycles. The van der Waals surface area contributed by atoms with Crippen molar-refractivity contribution in [3.63, 3.8) is 0 Å². The van der Waals surface area contributed by atoms with Crippen LogP contribution in [0.25, 0.3) is 0 Å². The maximum absolute atomic E-state index is 12.0. The molecule has 7 nitrogen and oxygen atoms in total. The molecule has 1 aromatic heterocycles. The zero-order valence-corrected chi connectivity index (χ0v) is 13.8. The smallest absolute Gasteiger partial charge is 0.267 e. The van der Waals surface area contributed by atoms with Gasteiger partial charge in [0.2, 0.25) is 5.91 Å². The normalized spacial score (nSPS) is 21.9. The van der Waals surface area contributed by atoms with Crippen molar-refractivity contribution in [3.8, 4) is 0 Å². The molecule has 0 spiro atoms. The second-order valence-electron chi connectivity index (χ2n) is 6.46. The molecule has 2 amide bonds. The van der Waals surface area contributed by atoms with Crippen molar-refractivity contribution in [3.05, 3.63) is 24.2 Å². The van der Waals surface area contributed by atoms with Crippen LogP contribution in [0.2, 0.25) is 0 Å². The van der Waals surface area contributed by atoms with E-state index in [1.165, 1.54) is 12.8 Å². The molecule has 1 atom stereocenters. The molecule has 0 radical (unpaired) electrons. The Balaban J connectivity index is 1.38. The Morgan fingerprint density at radius 2 is 2.38 bits per heavy atom. The number of rotatable bonds is 6. The number of hydrogen-bond acceptors (Lipinski definition) is 5. The summed E-state index contributed by atoms with van der Waals surface area (Å²) in [6.45, 7) is 3.63. The van der Waals surface area contributed by atoms with Gasteiger partial charge in [-0.1, -0.05) is 0 Å². The number of likely N-dealkylation sites (tertiary alicyclic amines) is 1. The van der Waals surface area contributed by atoms with Crippen LogP contribution in [-0.2, 0) is 16.1 Å². The maximum Gasteiger partial charge on any atom is 0.267 e. The molecular weight excluding hydrogens is 308 g/mol. The molecule has 7 heteroatoms. The molecule has 3 heterocycles. The van der Waals surface area contributed by atoms with Crippen LogP contribution in [-0.4, -0.2) is 42.1 Å². The molecule has 24 heavy (non-hydrogen) atoms. The summed E-state index contributed by atoms with van der Waals surface area (Å²) < 4.78 is 5.42. The summed E-state index contributed by atoms with van der Waals surface area (Å²) in [6.07, 6.45) is 5.79. The predicted octanol–water partition coefficient (Wildman–Crippen LogP) is 1.26. The van der Waals surface area contributed by atoms with Gasteiger partial charge in [0, 0.05) is 25.9 Å². The fraction of sp³-hybridized carbons (Fsp3) is 0.588. The van der Waals surface area contributed by atoms with E-state index in [0.717, 1.165) is 31.8 Å². The summed E-state index contributed by atoms with van der Waals surface area (Å²) in [5.74, 6) is 1.28. The van der Waals surface area contributed by atoms with Crippen LogP contribution in [0.4, 0.5) is 0 Å². The van der Waals surface area contributed by atoms with Crippen LogP contribution in [0.1, 0.15) is 37.9 Å². The molecule has 1 fully saturated rings. The molecule has 2 N–H and O–H groups in total. The van der Waals surface area contributed by atoms with Gasteiger partial charge in [0.15, 0.2) is 0 Å². The first-order chi connectivity index (χ1) is 11.7. The lowest BCUT2D eigenvalue weighted by Gasteiger charge is -2.32. The zero-order valence-electron chi connectivity index (χ0n) is 13.8. The summed E-state index contributed by atoms with van der Waals surface area (Å²) in [4.78, 5) is 25.5. The first kappa shape index (κ1) is 16.7. The lowest BCUT2D eigenvalue weighted by atomic mass is 9.94. The number of amides is 2. The van der Waals surface area contributed by atoms with Crippen LogP contribution < -0.4 is 10.7 Å². The molecule has 130 valence electrons. The van der Waals surface area contributed by atoms with Gasteiger partial charge < -0.3 is 9.73 Å². The molecule has 3 rings (SSSR count). The molecule has 1 saturated heterocycles. The van der Waals surface area contributed by atoms with Crippen molar-refractivity contribution in [2.45, 2.75) is 38.6 Å². The van der Waals surface area contributed by atoms with Crippen LogP contribution in [0.15, 0.2) is 27.9 Å². The number of carbonyl (C=O) groups is 2. The van der Waals surface area contributed by atoms with E-state index in [1.54, 1.807) is 6.26 Å². The highest BCUT2D eigenvalue weighted by atomic mass is 16.3. The molecule has 1 aromatic rings. The maximum atomic E-state index is 12.0. The van der Waals surface area contributed by atoms with E-state index in [4.69, 9.17) is 4.42 Å². The topological polar surface area (TPSA) is 86.9 Å². The van der Waals surface area contributed by atoms with Gasteiger partial charge >= 0.3 is 0 Å². The predicted molar refractivity (Wildman–Crippen MR) is 89.1 cm³/mol. The summed E-state index contributed by atoms with van der Waals surface area (Å²) >= 11 is 0.